The quantitative estimate of drug-likeness (QED) is 0.605. The van der Waals surface area contributed by atoms with Crippen molar-refractivity contribution in [2.24, 2.45) is 0 Å². The van der Waals surface area contributed by atoms with Gasteiger partial charge in [-0.3, -0.25) is 0 Å². The fourth-order valence-electron chi connectivity index (χ4n) is 3.02. The average Bonchev–Trinajstić information content (AvgIpc) is 2.65. The fourth-order valence-corrected chi connectivity index (χ4v) is 3.64. The molecule has 0 aliphatic carbocycles. The van der Waals surface area contributed by atoms with Crippen molar-refractivity contribution in [1.29, 1.82) is 0 Å². The minimum Gasteiger partial charge on any atom is -0.494 e. The van der Waals surface area contributed by atoms with E-state index in [1.165, 1.54) is 13.4 Å². The minimum absolute atomic E-state index is 0.0953. The van der Waals surface area contributed by atoms with Crippen LogP contribution in [0.1, 0.15) is 20.8 Å². The molecule has 1 aromatic heterocycles. The third-order valence-corrected chi connectivity index (χ3v) is 5.62. The van der Waals surface area contributed by atoms with Gasteiger partial charge in [0.1, 0.15) is 28.3 Å². The molecule has 1 amide bonds. The van der Waals surface area contributed by atoms with Crippen LogP contribution in [0.15, 0.2) is 10.8 Å². The normalized spacial score (nSPS) is 15.1. The van der Waals surface area contributed by atoms with E-state index in [0.717, 1.165) is 0 Å². The first-order chi connectivity index (χ1) is 13.1. The molecule has 0 radical (unpaired) electrons. The summed E-state index contributed by atoms with van der Waals surface area (Å²) in [5, 5.41) is 0.525. The van der Waals surface area contributed by atoms with Gasteiger partial charge in [-0.1, -0.05) is 11.6 Å². The van der Waals surface area contributed by atoms with Gasteiger partial charge in [0.05, 0.1) is 17.0 Å². The van der Waals surface area contributed by atoms with Crippen LogP contribution >= 0.6 is 27.5 Å². The van der Waals surface area contributed by atoms with Crippen molar-refractivity contribution >= 4 is 50.3 Å². The molecule has 10 heteroatoms. The third kappa shape index (κ3) is 3.96. The number of piperazine rings is 1. The number of hydrogen-bond donors (Lipinski definition) is 0. The summed E-state index contributed by atoms with van der Waals surface area (Å²) >= 11 is 9.40. The van der Waals surface area contributed by atoms with Gasteiger partial charge in [0.25, 0.3) is 0 Å². The van der Waals surface area contributed by atoms with E-state index in [2.05, 4.69) is 25.9 Å². The number of halogens is 3. The lowest BCUT2D eigenvalue weighted by Crippen LogP contribution is -2.50. The monoisotopic (exact) mass is 474 g/mol. The van der Waals surface area contributed by atoms with Crippen LogP contribution in [0.2, 0.25) is 5.02 Å². The van der Waals surface area contributed by atoms with Crippen molar-refractivity contribution in [2.75, 3.05) is 38.2 Å². The molecule has 2 aromatic rings. The number of anilines is 1. The number of carbonyl (C=O) groups excluding carboxylic acids is 1. The Hall–Kier alpha value is -1.87. The van der Waals surface area contributed by atoms with Crippen LogP contribution in [-0.4, -0.2) is 59.9 Å². The zero-order valence-corrected chi connectivity index (χ0v) is 18.4. The van der Waals surface area contributed by atoms with Gasteiger partial charge < -0.3 is 19.3 Å². The average molecular weight is 476 g/mol. The highest BCUT2D eigenvalue weighted by Crippen LogP contribution is 2.44. The molecule has 1 aliphatic heterocycles. The van der Waals surface area contributed by atoms with Gasteiger partial charge >= 0.3 is 6.09 Å². The van der Waals surface area contributed by atoms with Crippen molar-refractivity contribution in [1.82, 2.24) is 14.9 Å². The highest BCUT2D eigenvalue weighted by Gasteiger charge is 2.29. The minimum atomic E-state index is -0.572. The summed E-state index contributed by atoms with van der Waals surface area (Å²) in [4.78, 5) is 24.3. The number of benzene rings is 1. The summed E-state index contributed by atoms with van der Waals surface area (Å²) in [6, 6.07) is 0. The van der Waals surface area contributed by atoms with Crippen LogP contribution in [0.5, 0.6) is 5.75 Å². The number of rotatable bonds is 2. The van der Waals surface area contributed by atoms with E-state index in [9.17, 15) is 9.18 Å². The maximum atomic E-state index is 14.7. The smallest absolute Gasteiger partial charge is 0.410 e. The molecule has 1 saturated heterocycles. The molecule has 2 heterocycles. The highest BCUT2D eigenvalue weighted by molar-refractivity contribution is 9.10. The maximum Gasteiger partial charge on any atom is 0.410 e. The summed E-state index contributed by atoms with van der Waals surface area (Å²) < 4.78 is 25.6. The zero-order valence-electron chi connectivity index (χ0n) is 16.1. The second-order valence-electron chi connectivity index (χ2n) is 7.35. The molecule has 1 fully saturated rings. The Morgan fingerprint density at radius 1 is 1.25 bits per heavy atom. The van der Waals surface area contributed by atoms with Gasteiger partial charge in [-0.25, -0.2) is 19.2 Å². The number of aromatic nitrogens is 2. The molecule has 3 rings (SSSR count). The van der Waals surface area contributed by atoms with Gasteiger partial charge in [-0.15, -0.1) is 0 Å². The number of fused-ring (bicyclic) bond motifs is 1. The lowest BCUT2D eigenvalue weighted by molar-refractivity contribution is 0.0240. The molecule has 7 nitrogen and oxygen atoms in total. The van der Waals surface area contributed by atoms with Crippen LogP contribution in [0.3, 0.4) is 0 Å². The SMILES string of the molecule is COc1c(Cl)c(Br)c(F)c2ncnc(N3CCN(C(=O)OC(C)(C)C)CC3)c12. The molecule has 0 spiro atoms. The predicted octanol–water partition coefficient (Wildman–Crippen LogP) is 4.25. The molecule has 0 atom stereocenters. The van der Waals surface area contributed by atoms with E-state index >= 15 is 0 Å². The molecule has 1 aromatic carbocycles. The fraction of sp³-hybridized carbons (Fsp3) is 0.500. The van der Waals surface area contributed by atoms with E-state index < -0.39 is 11.4 Å². The van der Waals surface area contributed by atoms with Crippen molar-refractivity contribution in [3.8, 4) is 5.75 Å². The predicted molar refractivity (Wildman–Crippen MR) is 109 cm³/mol. The topological polar surface area (TPSA) is 67.8 Å². The Kier molecular flexibility index (Phi) is 5.86. The Morgan fingerprint density at radius 3 is 2.46 bits per heavy atom. The number of ether oxygens (including phenoxy) is 2. The second-order valence-corrected chi connectivity index (χ2v) is 8.52. The standard InChI is InChI=1S/C18H21BrClFN4O3/c1-18(2,3)28-17(26)25-7-5-24(6-8-25)16-10-14(22-9-23-16)13(21)11(19)12(20)15(10)27-4/h9H,5-8H2,1-4H3. The first-order valence-electron chi connectivity index (χ1n) is 8.72. The van der Waals surface area contributed by atoms with Crippen molar-refractivity contribution in [2.45, 2.75) is 26.4 Å². The van der Waals surface area contributed by atoms with E-state index in [4.69, 9.17) is 21.1 Å². The molecule has 28 heavy (non-hydrogen) atoms. The van der Waals surface area contributed by atoms with E-state index in [0.29, 0.717) is 43.1 Å². The van der Waals surface area contributed by atoms with E-state index in [1.54, 1.807) is 4.90 Å². The van der Waals surface area contributed by atoms with Crippen LogP contribution in [0.25, 0.3) is 10.9 Å². The number of carbonyl (C=O) groups is 1. The van der Waals surface area contributed by atoms with Gasteiger partial charge in [-0.05, 0) is 36.7 Å². The Labute approximate surface area is 175 Å². The summed E-state index contributed by atoms with van der Waals surface area (Å²) in [5.41, 5.74) is -0.431. The molecule has 1 aliphatic rings. The molecule has 0 unspecified atom stereocenters. The van der Waals surface area contributed by atoms with Gasteiger partial charge in [0.15, 0.2) is 11.6 Å². The van der Waals surface area contributed by atoms with Crippen molar-refractivity contribution < 1.29 is 18.7 Å². The van der Waals surface area contributed by atoms with Crippen LogP contribution in [0.4, 0.5) is 15.0 Å². The third-order valence-electron chi connectivity index (χ3n) is 4.28. The van der Waals surface area contributed by atoms with Crippen LogP contribution in [0, 0.1) is 5.82 Å². The lowest BCUT2D eigenvalue weighted by atomic mass is 10.1. The second kappa shape index (κ2) is 7.87. The number of amides is 1. The number of nitrogens with zero attached hydrogens (tertiary/aromatic N) is 4. The van der Waals surface area contributed by atoms with Crippen molar-refractivity contribution in [3.63, 3.8) is 0 Å². The summed E-state index contributed by atoms with van der Waals surface area (Å²) in [7, 11) is 1.46. The molecule has 0 N–H and O–H groups in total. The number of hydrogen-bond acceptors (Lipinski definition) is 6. The molecular weight excluding hydrogens is 455 g/mol. The first kappa shape index (κ1) is 20.9. The molecule has 0 saturated carbocycles. The van der Waals surface area contributed by atoms with Gasteiger partial charge in [0, 0.05) is 26.2 Å². The van der Waals surface area contributed by atoms with E-state index in [-0.39, 0.29) is 21.1 Å². The zero-order chi connectivity index (χ0) is 20.6. The molecule has 152 valence electrons. The summed E-state index contributed by atoms with van der Waals surface area (Å²) in [6.07, 6.45) is 0.955. The van der Waals surface area contributed by atoms with Crippen LogP contribution in [-0.2, 0) is 4.74 Å². The number of methoxy groups -OCH3 is 1. The van der Waals surface area contributed by atoms with Gasteiger partial charge in [-0.2, -0.15) is 0 Å². The Morgan fingerprint density at radius 2 is 1.89 bits per heavy atom. The molecular formula is C18H21BrClFN4O3. The van der Waals surface area contributed by atoms with Gasteiger partial charge in [0.2, 0.25) is 0 Å². The molecule has 0 bridgehead atoms. The van der Waals surface area contributed by atoms with E-state index in [1.807, 2.05) is 25.7 Å². The summed E-state index contributed by atoms with van der Waals surface area (Å²) in [5.74, 6) is 0.242. The highest BCUT2D eigenvalue weighted by atomic mass is 79.9. The largest absolute Gasteiger partial charge is 0.494 e. The summed E-state index contributed by atoms with van der Waals surface area (Å²) in [6.45, 7) is 7.41. The van der Waals surface area contributed by atoms with Crippen LogP contribution < -0.4 is 9.64 Å². The maximum absolute atomic E-state index is 14.7. The Balaban J connectivity index is 1.91. The lowest BCUT2D eigenvalue weighted by Gasteiger charge is -2.36. The first-order valence-corrected chi connectivity index (χ1v) is 9.89. The van der Waals surface area contributed by atoms with Crippen molar-refractivity contribution in [3.05, 3.63) is 21.6 Å². The Bertz CT molecular complexity index is 914.